The summed E-state index contributed by atoms with van der Waals surface area (Å²) in [7, 11) is 0. The average Bonchev–Trinajstić information content (AvgIpc) is 3.07. The number of benzene rings is 1. The van der Waals surface area contributed by atoms with E-state index in [4.69, 9.17) is 11.6 Å². The quantitative estimate of drug-likeness (QED) is 0.365. The van der Waals surface area contributed by atoms with Crippen molar-refractivity contribution in [1.29, 1.82) is 0 Å². The van der Waals surface area contributed by atoms with Crippen molar-refractivity contribution in [2.45, 2.75) is 6.18 Å². The fourth-order valence-corrected chi connectivity index (χ4v) is 3.13. The van der Waals surface area contributed by atoms with Gasteiger partial charge in [-0.3, -0.25) is 15.6 Å². The standard InChI is InChI=1S/C16H9ClF4N4OS/c17-9-3-1-8(2-4-9)15-23-13(16(19,20)21)12(27-15)14(26)25-24-10-5-6-11(18)22-7-10/h1-7,24H,(H,25,26). The van der Waals surface area contributed by atoms with Gasteiger partial charge in [0.25, 0.3) is 5.91 Å². The predicted molar refractivity (Wildman–Crippen MR) is 92.8 cm³/mol. The van der Waals surface area contributed by atoms with Crippen molar-refractivity contribution in [2.75, 3.05) is 5.43 Å². The molecule has 0 fully saturated rings. The maximum Gasteiger partial charge on any atom is 0.435 e. The molecule has 11 heteroatoms. The summed E-state index contributed by atoms with van der Waals surface area (Å²) in [5.74, 6) is -1.77. The number of hydrogen-bond donors (Lipinski definition) is 2. The van der Waals surface area contributed by atoms with Crippen LogP contribution in [0.2, 0.25) is 5.02 Å². The Bertz CT molecular complexity index is 958. The predicted octanol–water partition coefficient (Wildman–Crippen LogP) is 4.77. The lowest BCUT2D eigenvalue weighted by Crippen LogP contribution is -2.30. The Kier molecular flexibility index (Phi) is 5.29. The number of pyridine rings is 1. The summed E-state index contributed by atoms with van der Waals surface area (Å²) in [6.45, 7) is 0. The van der Waals surface area contributed by atoms with Crippen LogP contribution in [0.3, 0.4) is 0 Å². The number of hydrazine groups is 1. The van der Waals surface area contributed by atoms with Crippen LogP contribution in [0.5, 0.6) is 0 Å². The Morgan fingerprint density at radius 3 is 2.41 bits per heavy atom. The third-order valence-corrected chi connectivity index (χ3v) is 4.60. The molecule has 0 aliphatic carbocycles. The summed E-state index contributed by atoms with van der Waals surface area (Å²) in [6, 6.07) is 8.32. The Labute approximate surface area is 159 Å². The van der Waals surface area contributed by atoms with E-state index in [1.165, 1.54) is 30.3 Å². The topological polar surface area (TPSA) is 66.9 Å². The van der Waals surface area contributed by atoms with Gasteiger partial charge in [0.05, 0.1) is 11.9 Å². The summed E-state index contributed by atoms with van der Waals surface area (Å²) in [4.78, 5) is 18.5. The third kappa shape index (κ3) is 4.52. The van der Waals surface area contributed by atoms with E-state index >= 15 is 0 Å². The molecule has 2 heterocycles. The Balaban J connectivity index is 1.87. The molecule has 0 unspecified atom stereocenters. The number of aromatic nitrogens is 2. The van der Waals surface area contributed by atoms with E-state index < -0.39 is 28.6 Å². The third-order valence-electron chi connectivity index (χ3n) is 3.24. The summed E-state index contributed by atoms with van der Waals surface area (Å²) in [6.07, 6.45) is -3.74. The minimum absolute atomic E-state index is 0.0209. The number of nitrogens with one attached hydrogen (secondary N) is 2. The first-order chi connectivity index (χ1) is 12.7. The van der Waals surface area contributed by atoms with Gasteiger partial charge in [0, 0.05) is 10.6 Å². The van der Waals surface area contributed by atoms with Gasteiger partial charge in [-0.25, -0.2) is 9.97 Å². The molecule has 5 nitrogen and oxygen atoms in total. The van der Waals surface area contributed by atoms with E-state index in [0.717, 1.165) is 12.3 Å². The molecule has 0 bridgehead atoms. The summed E-state index contributed by atoms with van der Waals surface area (Å²) in [5, 5.41) is 0.439. The number of alkyl halides is 3. The lowest BCUT2D eigenvalue weighted by molar-refractivity contribution is -0.141. The molecular formula is C16H9ClF4N4OS. The number of amides is 1. The molecule has 0 saturated heterocycles. The lowest BCUT2D eigenvalue weighted by Gasteiger charge is -2.09. The molecular weight excluding hydrogens is 408 g/mol. The van der Waals surface area contributed by atoms with Crippen molar-refractivity contribution in [3.8, 4) is 10.6 Å². The molecule has 0 atom stereocenters. The van der Waals surface area contributed by atoms with Gasteiger partial charge >= 0.3 is 6.18 Å². The highest BCUT2D eigenvalue weighted by atomic mass is 35.5. The molecule has 0 aliphatic heterocycles. The SMILES string of the molecule is O=C(NNc1ccc(F)nc1)c1sc(-c2ccc(Cl)cc2)nc1C(F)(F)F. The maximum atomic E-state index is 13.3. The van der Waals surface area contributed by atoms with Crippen LogP contribution >= 0.6 is 22.9 Å². The zero-order chi connectivity index (χ0) is 19.6. The number of rotatable bonds is 4. The van der Waals surface area contributed by atoms with Crippen LogP contribution in [0.15, 0.2) is 42.6 Å². The van der Waals surface area contributed by atoms with Gasteiger partial charge in [0.2, 0.25) is 5.95 Å². The van der Waals surface area contributed by atoms with E-state index in [0.29, 0.717) is 21.9 Å². The monoisotopic (exact) mass is 416 g/mol. The van der Waals surface area contributed by atoms with Crippen molar-refractivity contribution in [2.24, 2.45) is 0 Å². The molecule has 1 aromatic carbocycles. The first-order valence-corrected chi connectivity index (χ1v) is 8.45. The largest absolute Gasteiger partial charge is 0.435 e. The minimum Gasteiger partial charge on any atom is -0.297 e. The first kappa shape index (κ1) is 19.1. The molecule has 2 aromatic heterocycles. The molecule has 3 aromatic rings. The zero-order valence-corrected chi connectivity index (χ0v) is 14.7. The molecule has 2 N–H and O–H groups in total. The summed E-state index contributed by atoms with van der Waals surface area (Å²) in [5.41, 5.74) is 3.78. The average molecular weight is 417 g/mol. The van der Waals surface area contributed by atoms with Crippen LogP contribution in [-0.2, 0) is 6.18 Å². The van der Waals surface area contributed by atoms with Crippen molar-refractivity contribution in [3.05, 3.63) is 64.1 Å². The summed E-state index contributed by atoms with van der Waals surface area (Å²) >= 11 is 6.36. The second kappa shape index (κ2) is 7.49. The minimum atomic E-state index is -4.81. The smallest absolute Gasteiger partial charge is 0.297 e. The number of carbonyl (C=O) groups is 1. The number of nitrogens with zero attached hydrogens (tertiary/aromatic N) is 2. The van der Waals surface area contributed by atoms with E-state index in [2.05, 4.69) is 20.8 Å². The molecule has 0 aliphatic rings. The second-order valence-electron chi connectivity index (χ2n) is 5.15. The van der Waals surface area contributed by atoms with Crippen LogP contribution in [0.25, 0.3) is 10.6 Å². The number of anilines is 1. The highest BCUT2D eigenvalue weighted by Gasteiger charge is 2.39. The van der Waals surface area contributed by atoms with Gasteiger partial charge in [-0.05, 0) is 24.3 Å². The van der Waals surface area contributed by atoms with E-state index in [1.54, 1.807) is 0 Å². The maximum absolute atomic E-state index is 13.3. The zero-order valence-electron chi connectivity index (χ0n) is 13.1. The van der Waals surface area contributed by atoms with Crippen LogP contribution in [0.4, 0.5) is 23.2 Å². The number of carbonyl (C=O) groups excluding carboxylic acids is 1. The Morgan fingerprint density at radius 1 is 1.11 bits per heavy atom. The van der Waals surface area contributed by atoms with Crippen LogP contribution in [0, 0.1) is 5.95 Å². The number of hydrogen-bond acceptors (Lipinski definition) is 5. The van der Waals surface area contributed by atoms with Crippen LogP contribution in [0.1, 0.15) is 15.4 Å². The highest BCUT2D eigenvalue weighted by molar-refractivity contribution is 7.17. The normalized spacial score (nSPS) is 11.3. The van der Waals surface area contributed by atoms with Gasteiger partial charge in [-0.15, -0.1) is 11.3 Å². The van der Waals surface area contributed by atoms with Crippen molar-refractivity contribution in [3.63, 3.8) is 0 Å². The van der Waals surface area contributed by atoms with Gasteiger partial charge in [0.1, 0.15) is 9.88 Å². The molecule has 1 amide bonds. The van der Waals surface area contributed by atoms with Crippen molar-refractivity contribution >= 4 is 34.5 Å². The highest BCUT2D eigenvalue weighted by Crippen LogP contribution is 2.37. The van der Waals surface area contributed by atoms with Crippen molar-refractivity contribution < 1.29 is 22.4 Å². The van der Waals surface area contributed by atoms with Gasteiger partial charge < -0.3 is 0 Å². The van der Waals surface area contributed by atoms with Crippen molar-refractivity contribution in [1.82, 2.24) is 15.4 Å². The molecule has 0 spiro atoms. The van der Waals surface area contributed by atoms with Crippen LogP contribution < -0.4 is 10.9 Å². The molecule has 140 valence electrons. The number of halogens is 5. The Hall–Kier alpha value is -2.72. The molecule has 0 radical (unpaired) electrons. The van der Waals surface area contributed by atoms with Gasteiger partial charge in [-0.2, -0.15) is 17.6 Å². The van der Waals surface area contributed by atoms with Crippen LogP contribution in [-0.4, -0.2) is 15.9 Å². The molecule has 27 heavy (non-hydrogen) atoms. The lowest BCUT2D eigenvalue weighted by atomic mass is 10.2. The molecule has 0 saturated carbocycles. The van der Waals surface area contributed by atoms with E-state index in [9.17, 15) is 22.4 Å². The fraction of sp³-hybridized carbons (Fsp3) is 0.0625. The Morgan fingerprint density at radius 2 is 1.81 bits per heavy atom. The number of thiazole rings is 1. The van der Waals surface area contributed by atoms with Gasteiger partial charge in [-0.1, -0.05) is 23.7 Å². The van der Waals surface area contributed by atoms with Gasteiger partial charge in [0.15, 0.2) is 5.69 Å². The molecule has 3 rings (SSSR count). The van der Waals surface area contributed by atoms with E-state index in [1.807, 2.05) is 0 Å². The van der Waals surface area contributed by atoms with E-state index in [-0.39, 0.29) is 10.7 Å². The first-order valence-electron chi connectivity index (χ1n) is 7.26. The second-order valence-corrected chi connectivity index (χ2v) is 6.59. The summed E-state index contributed by atoms with van der Waals surface area (Å²) < 4.78 is 52.6. The fourth-order valence-electron chi connectivity index (χ4n) is 2.02.